The molecule has 0 bridgehead atoms. The summed E-state index contributed by atoms with van der Waals surface area (Å²) in [5.41, 5.74) is 6.26. The fourth-order valence-electron chi connectivity index (χ4n) is 3.99. The van der Waals surface area contributed by atoms with E-state index >= 15 is 0 Å². The van der Waals surface area contributed by atoms with Crippen LogP contribution in [0.3, 0.4) is 0 Å². The Morgan fingerprint density at radius 1 is 1.00 bits per heavy atom. The van der Waals surface area contributed by atoms with Gasteiger partial charge < -0.3 is 19.5 Å². The van der Waals surface area contributed by atoms with Crippen LogP contribution in [0, 0.1) is 6.92 Å². The van der Waals surface area contributed by atoms with Crippen molar-refractivity contribution in [1.29, 1.82) is 0 Å². The van der Waals surface area contributed by atoms with Gasteiger partial charge in [-0.1, -0.05) is 18.2 Å². The van der Waals surface area contributed by atoms with Crippen LogP contribution in [0.15, 0.2) is 29.4 Å². The number of rotatable bonds is 5. The first kappa shape index (κ1) is 18.8. The standard InChI is InChI=1S/C21H26N8O/c1-15-17(16-6-2-3-7-18(16)23-15)14-22-27-19-24-20(28-8-4-5-9-28)26-21(25-19)29-10-12-30-13-11-29/h2-3,6-7,14,23H,4-5,8-13H2,1H3,(H,24,25,26,27)/b22-14-. The maximum Gasteiger partial charge on any atom is 0.250 e. The number of hydrogen-bond acceptors (Lipinski definition) is 8. The fraction of sp³-hybridized carbons (Fsp3) is 0.429. The summed E-state index contributed by atoms with van der Waals surface area (Å²) >= 11 is 0. The van der Waals surface area contributed by atoms with Crippen LogP contribution in [0.1, 0.15) is 24.1 Å². The fourth-order valence-corrected chi connectivity index (χ4v) is 3.99. The quantitative estimate of drug-likeness (QED) is 0.497. The minimum atomic E-state index is 0.460. The summed E-state index contributed by atoms with van der Waals surface area (Å²) < 4.78 is 5.47. The van der Waals surface area contributed by atoms with E-state index in [9.17, 15) is 0 Å². The second kappa shape index (κ2) is 8.27. The van der Waals surface area contributed by atoms with E-state index in [0.717, 1.165) is 48.3 Å². The van der Waals surface area contributed by atoms with Crippen LogP contribution in [0.5, 0.6) is 0 Å². The average Bonchev–Trinajstić information content (AvgIpc) is 3.43. The lowest BCUT2D eigenvalue weighted by Crippen LogP contribution is -2.38. The van der Waals surface area contributed by atoms with E-state index in [-0.39, 0.29) is 0 Å². The van der Waals surface area contributed by atoms with Gasteiger partial charge in [-0.15, -0.1) is 0 Å². The number of morpholine rings is 1. The van der Waals surface area contributed by atoms with Gasteiger partial charge in [-0.3, -0.25) is 0 Å². The van der Waals surface area contributed by atoms with Crippen LogP contribution in [-0.2, 0) is 4.74 Å². The van der Waals surface area contributed by atoms with Crippen LogP contribution < -0.4 is 15.2 Å². The molecular formula is C21H26N8O. The molecule has 1 aromatic carbocycles. The van der Waals surface area contributed by atoms with Crippen LogP contribution in [-0.4, -0.2) is 65.5 Å². The van der Waals surface area contributed by atoms with Crippen molar-refractivity contribution in [2.24, 2.45) is 5.10 Å². The Labute approximate surface area is 175 Å². The number of anilines is 3. The van der Waals surface area contributed by atoms with Crippen molar-refractivity contribution in [3.05, 3.63) is 35.5 Å². The highest BCUT2D eigenvalue weighted by Gasteiger charge is 2.21. The molecule has 0 aliphatic carbocycles. The lowest BCUT2D eigenvalue weighted by Gasteiger charge is -2.27. The van der Waals surface area contributed by atoms with Crippen molar-refractivity contribution in [2.75, 3.05) is 54.6 Å². The van der Waals surface area contributed by atoms with Gasteiger partial charge in [-0.2, -0.15) is 20.1 Å². The number of para-hydroxylation sites is 1. The van der Waals surface area contributed by atoms with Gasteiger partial charge in [0.1, 0.15) is 0 Å². The molecule has 2 fully saturated rings. The van der Waals surface area contributed by atoms with Crippen molar-refractivity contribution in [2.45, 2.75) is 19.8 Å². The van der Waals surface area contributed by atoms with Crippen molar-refractivity contribution in [3.8, 4) is 0 Å². The number of H-pyrrole nitrogens is 1. The monoisotopic (exact) mass is 406 g/mol. The molecule has 0 saturated carbocycles. The molecule has 3 aromatic rings. The summed E-state index contributed by atoms with van der Waals surface area (Å²) in [5, 5.41) is 5.58. The molecule has 9 heteroatoms. The number of aromatic nitrogens is 4. The molecule has 2 aliphatic rings. The van der Waals surface area contributed by atoms with E-state index in [2.05, 4.69) is 47.4 Å². The number of nitrogens with one attached hydrogen (secondary N) is 2. The maximum atomic E-state index is 5.47. The second-order valence-corrected chi connectivity index (χ2v) is 7.63. The topological polar surface area (TPSA) is 94.6 Å². The summed E-state index contributed by atoms with van der Waals surface area (Å²) in [4.78, 5) is 21.7. The lowest BCUT2D eigenvalue weighted by molar-refractivity contribution is 0.122. The van der Waals surface area contributed by atoms with Gasteiger partial charge in [0.2, 0.25) is 17.8 Å². The first-order chi connectivity index (χ1) is 14.8. The van der Waals surface area contributed by atoms with Gasteiger partial charge in [0.05, 0.1) is 19.4 Å². The first-order valence-corrected chi connectivity index (χ1v) is 10.5. The maximum absolute atomic E-state index is 5.47. The number of aryl methyl sites for hydroxylation is 1. The third-order valence-corrected chi connectivity index (χ3v) is 5.60. The number of fused-ring (bicyclic) bond motifs is 1. The zero-order chi connectivity index (χ0) is 20.3. The van der Waals surface area contributed by atoms with E-state index in [0.29, 0.717) is 31.1 Å². The molecule has 0 atom stereocenters. The molecule has 0 unspecified atom stereocenters. The Morgan fingerprint density at radius 2 is 1.70 bits per heavy atom. The Hall–Kier alpha value is -3.20. The van der Waals surface area contributed by atoms with Gasteiger partial charge in [0, 0.05) is 48.3 Å². The number of hydrogen-bond donors (Lipinski definition) is 2. The summed E-state index contributed by atoms with van der Waals surface area (Å²) in [7, 11) is 0. The molecule has 2 saturated heterocycles. The van der Waals surface area contributed by atoms with E-state index in [1.165, 1.54) is 12.8 Å². The second-order valence-electron chi connectivity index (χ2n) is 7.63. The molecule has 2 N–H and O–H groups in total. The third-order valence-electron chi connectivity index (χ3n) is 5.60. The highest BCUT2D eigenvalue weighted by Crippen LogP contribution is 2.22. The minimum Gasteiger partial charge on any atom is -0.378 e. The molecular weight excluding hydrogens is 380 g/mol. The van der Waals surface area contributed by atoms with E-state index in [1.54, 1.807) is 0 Å². The number of nitrogens with zero attached hydrogens (tertiary/aromatic N) is 6. The van der Waals surface area contributed by atoms with E-state index in [4.69, 9.17) is 9.72 Å². The van der Waals surface area contributed by atoms with Gasteiger partial charge >= 0.3 is 0 Å². The number of hydrazone groups is 1. The van der Waals surface area contributed by atoms with Crippen molar-refractivity contribution in [1.82, 2.24) is 19.9 Å². The number of aromatic amines is 1. The van der Waals surface area contributed by atoms with Gasteiger partial charge in [0.25, 0.3) is 0 Å². The van der Waals surface area contributed by atoms with Crippen LogP contribution in [0.2, 0.25) is 0 Å². The highest BCUT2D eigenvalue weighted by atomic mass is 16.5. The van der Waals surface area contributed by atoms with Crippen LogP contribution in [0.25, 0.3) is 10.9 Å². The number of ether oxygens (including phenoxy) is 1. The molecule has 2 aromatic heterocycles. The van der Waals surface area contributed by atoms with Crippen molar-refractivity contribution in [3.63, 3.8) is 0 Å². The van der Waals surface area contributed by atoms with Crippen molar-refractivity contribution >= 4 is 35.0 Å². The van der Waals surface area contributed by atoms with E-state index < -0.39 is 0 Å². The molecule has 2 aliphatic heterocycles. The van der Waals surface area contributed by atoms with E-state index in [1.807, 2.05) is 25.3 Å². The number of benzene rings is 1. The summed E-state index contributed by atoms with van der Waals surface area (Å²) in [5.74, 6) is 1.85. The third kappa shape index (κ3) is 3.80. The Kier molecular flexibility index (Phi) is 5.18. The summed E-state index contributed by atoms with van der Waals surface area (Å²) in [6.45, 7) is 6.93. The molecule has 0 radical (unpaired) electrons. The first-order valence-electron chi connectivity index (χ1n) is 10.5. The summed E-state index contributed by atoms with van der Waals surface area (Å²) in [6.07, 6.45) is 4.15. The van der Waals surface area contributed by atoms with Gasteiger partial charge in [-0.05, 0) is 25.8 Å². The molecule has 5 rings (SSSR count). The largest absolute Gasteiger partial charge is 0.378 e. The van der Waals surface area contributed by atoms with Gasteiger partial charge in [-0.25, -0.2) is 5.43 Å². The zero-order valence-electron chi connectivity index (χ0n) is 17.1. The zero-order valence-corrected chi connectivity index (χ0v) is 17.1. The molecule has 156 valence electrons. The molecule has 0 spiro atoms. The summed E-state index contributed by atoms with van der Waals surface area (Å²) in [6, 6.07) is 8.21. The lowest BCUT2D eigenvalue weighted by atomic mass is 10.1. The average molecular weight is 406 g/mol. The Bertz CT molecular complexity index is 1050. The Morgan fingerprint density at radius 3 is 2.47 bits per heavy atom. The van der Waals surface area contributed by atoms with Crippen LogP contribution in [0.4, 0.5) is 17.8 Å². The molecule has 30 heavy (non-hydrogen) atoms. The highest BCUT2D eigenvalue weighted by molar-refractivity contribution is 6.00. The van der Waals surface area contributed by atoms with Crippen molar-refractivity contribution < 1.29 is 4.74 Å². The van der Waals surface area contributed by atoms with Crippen LogP contribution >= 0.6 is 0 Å². The SMILES string of the molecule is Cc1[nH]c2ccccc2c1/C=N\Nc1nc(N2CCCC2)nc(N2CCOCC2)n1. The molecule has 0 amide bonds. The predicted molar refractivity (Wildman–Crippen MR) is 119 cm³/mol. The molecule has 4 heterocycles. The minimum absolute atomic E-state index is 0.460. The molecule has 9 nitrogen and oxygen atoms in total. The van der Waals surface area contributed by atoms with Gasteiger partial charge in [0.15, 0.2) is 0 Å². The Balaban J connectivity index is 1.41. The predicted octanol–water partition coefficient (Wildman–Crippen LogP) is 2.54. The smallest absolute Gasteiger partial charge is 0.250 e. The normalized spacial score (nSPS) is 17.4.